The molecule has 3 N–H and O–H groups in total. The number of aromatic hydroxyl groups is 1. The number of likely N-dealkylation sites (tertiary alicyclic amines) is 1. The van der Waals surface area contributed by atoms with Crippen LogP contribution in [0.2, 0.25) is 0 Å². The molecular weight excluding hydrogens is 613 g/mol. The fraction of sp³-hybridized carbons (Fsp3) is 0.297. The maximum absolute atomic E-state index is 15.3. The first kappa shape index (κ1) is 30.1. The first-order chi connectivity index (χ1) is 23.2. The van der Waals surface area contributed by atoms with Crippen molar-refractivity contribution in [2.75, 3.05) is 31.1 Å². The number of phenols is 1. The second-order valence-corrected chi connectivity index (χ2v) is 13.2. The number of phenolic OH excluding ortho intramolecular Hbond substituents is 1. The Balaban J connectivity index is 1.09. The summed E-state index contributed by atoms with van der Waals surface area (Å²) in [7, 11) is 0. The zero-order valence-corrected chi connectivity index (χ0v) is 26.4. The molecule has 0 atom stereocenters. The van der Waals surface area contributed by atoms with Gasteiger partial charge >= 0.3 is 0 Å². The van der Waals surface area contributed by atoms with Crippen molar-refractivity contribution >= 4 is 28.5 Å². The lowest BCUT2D eigenvalue weighted by atomic mass is 9.93. The average molecular weight is 648 g/mol. The number of nitrogens with zero attached hydrogens (tertiary/aromatic N) is 4. The van der Waals surface area contributed by atoms with Crippen LogP contribution >= 0.6 is 0 Å². The van der Waals surface area contributed by atoms with E-state index in [0.717, 1.165) is 23.8 Å². The molecule has 2 fully saturated rings. The van der Waals surface area contributed by atoms with Gasteiger partial charge in [0.15, 0.2) is 0 Å². The second kappa shape index (κ2) is 11.4. The quantitative estimate of drug-likeness (QED) is 0.212. The van der Waals surface area contributed by atoms with Gasteiger partial charge in [0.05, 0.1) is 34.8 Å². The molecule has 3 aromatic heterocycles. The topological polar surface area (TPSA) is 132 Å². The van der Waals surface area contributed by atoms with E-state index in [4.69, 9.17) is 4.74 Å². The number of H-pyrrole nitrogens is 1. The minimum Gasteiger partial charge on any atom is -0.505 e. The molecule has 3 aliphatic rings. The molecule has 2 amide bonds. The van der Waals surface area contributed by atoms with Gasteiger partial charge in [0.1, 0.15) is 35.1 Å². The van der Waals surface area contributed by atoms with E-state index in [1.54, 1.807) is 66.7 Å². The van der Waals surface area contributed by atoms with E-state index >= 15 is 4.39 Å². The van der Waals surface area contributed by atoms with Gasteiger partial charge in [-0.1, -0.05) is 12.1 Å². The number of amides is 2. The van der Waals surface area contributed by atoms with Crippen molar-refractivity contribution < 1.29 is 28.9 Å². The van der Waals surface area contributed by atoms with Crippen LogP contribution in [0.1, 0.15) is 64.8 Å². The summed E-state index contributed by atoms with van der Waals surface area (Å²) in [6.45, 7) is 3.05. The number of aromatic nitrogens is 3. The number of rotatable bonds is 5. The Hall–Kier alpha value is -5.29. The SMILES string of the molecule is CC1(O)CCN(C(=O)c2ccc(-c3cc4c(-c5cccc(N6CCOc7cc(C8CC8)cc(F)c7C6=O)c5O)ccnc4[nH]3)nc2)CC1. The molecule has 10 nitrogen and oxygen atoms in total. The minimum absolute atomic E-state index is 0.121. The second-order valence-electron chi connectivity index (χ2n) is 13.2. The summed E-state index contributed by atoms with van der Waals surface area (Å²) in [6, 6.07) is 15.5. The Morgan fingerprint density at radius 2 is 1.85 bits per heavy atom. The highest BCUT2D eigenvalue weighted by atomic mass is 19.1. The summed E-state index contributed by atoms with van der Waals surface area (Å²) in [4.78, 5) is 42.2. The number of hydrogen-bond donors (Lipinski definition) is 3. The number of piperidine rings is 1. The Morgan fingerprint density at radius 1 is 1.04 bits per heavy atom. The third-order valence-electron chi connectivity index (χ3n) is 9.70. The lowest BCUT2D eigenvalue weighted by Crippen LogP contribution is -2.45. The summed E-state index contributed by atoms with van der Waals surface area (Å²) in [6.07, 6.45) is 6.24. The van der Waals surface area contributed by atoms with Crippen molar-refractivity contribution in [2.24, 2.45) is 0 Å². The van der Waals surface area contributed by atoms with Crippen molar-refractivity contribution in [1.29, 1.82) is 0 Å². The summed E-state index contributed by atoms with van der Waals surface area (Å²) in [5.41, 5.74) is 3.68. The van der Waals surface area contributed by atoms with Crippen LogP contribution < -0.4 is 9.64 Å². The predicted octanol–water partition coefficient (Wildman–Crippen LogP) is 6.04. The monoisotopic (exact) mass is 647 g/mol. The van der Waals surface area contributed by atoms with Gasteiger partial charge in [-0.05, 0) is 92.1 Å². The van der Waals surface area contributed by atoms with Crippen LogP contribution in [0.25, 0.3) is 33.5 Å². The Morgan fingerprint density at radius 3 is 2.60 bits per heavy atom. The Kier molecular flexibility index (Phi) is 7.17. The standard InChI is InChI=1S/C37H34FN5O5/c1-37(47)10-13-42(14-11-37)35(45)22-7-8-28(40-20-22)29-19-26-24(9-12-39-34(26)41-29)25-3-2-4-30(33(25)44)43-15-16-48-31-18-23(21-5-6-21)17-27(38)32(31)36(43)46/h2-4,7-9,12,17-21,44,47H,5-6,10-11,13-16H2,1H3,(H,39,41). The van der Waals surface area contributed by atoms with E-state index in [0.29, 0.717) is 65.6 Å². The highest BCUT2D eigenvalue weighted by molar-refractivity contribution is 6.10. The third kappa shape index (κ3) is 5.33. The van der Waals surface area contributed by atoms with E-state index in [9.17, 15) is 19.8 Å². The largest absolute Gasteiger partial charge is 0.505 e. The van der Waals surface area contributed by atoms with Crippen LogP contribution in [0.5, 0.6) is 11.5 Å². The molecule has 0 unspecified atom stereocenters. The lowest BCUT2D eigenvalue weighted by molar-refractivity contribution is -0.00204. The summed E-state index contributed by atoms with van der Waals surface area (Å²) < 4.78 is 21.2. The third-order valence-corrected chi connectivity index (χ3v) is 9.70. The van der Waals surface area contributed by atoms with Gasteiger partial charge < -0.3 is 29.7 Å². The minimum atomic E-state index is -0.746. The molecule has 1 aliphatic carbocycles. The van der Waals surface area contributed by atoms with E-state index in [-0.39, 0.29) is 41.8 Å². The van der Waals surface area contributed by atoms with Gasteiger partial charge in [-0.3, -0.25) is 14.6 Å². The van der Waals surface area contributed by atoms with E-state index in [1.807, 2.05) is 6.07 Å². The maximum Gasteiger partial charge on any atom is 0.265 e. The summed E-state index contributed by atoms with van der Waals surface area (Å²) in [5.74, 6) is -0.895. The number of fused-ring (bicyclic) bond motifs is 2. The van der Waals surface area contributed by atoms with Crippen molar-refractivity contribution in [2.45, 2.75) is 44.1 Å². The molecule has 244 valence electrons. The number of ether oxygens (including phenoxy) is 1. The summed E-state index contributed by atoms with van der Waals surface area (Å²) >= 11 is 0. The number of anilines is 1. The van der Waals surface area contributed by atoms with Gasteiger partial charge in [-0.2, -0.15) is 0 Å². The normalized spacial score (nSPS) is 17.6. The molecule has 0 spiro atoms. The first-order valence-electron chi connectivity index (χ1n) is 16.2. The molecule has 5 heterocycles. The van der Waals surface area contributed by atoms with Crippen LogP contribution in [0.3, 0.4) is 0 Å². The first-order valence-corrected chi connectivity index (χ1v) is 16.2. The molecule has 2 aliphatic heterocycles. The molecular formula is C37H34FN5O5. The van der Waals surface area contributed by atoms with Gasteiger partial charge in [0.25, 0.3) is 11.8 Å². The van der Waals surface area contributed by atoms with Gasteiger partial charge in [0.2, 0.25) is 0 Å². The number of nitrogens with one attached hydrogen (secondary N) is 1. The Labute approximate surface area is 275 Å². The molecule has 8 rings (SSSR count). The number of pyridine rings is 2. The molecule has 2 aromatic carbocycles. The Bertz CT molecular complexity index is 2080. The van der Waals surface area contributed by atoms with Crippen molar-refractivity contribution in [3.05, 3.63) is 89.5 Å². The van der Waals surface area contributed by atoms with Crippen molar-refractivity contribution in [3.8, 4) is 34.0 Å². The number of carbonyl (C=O) groups excluding carboxylic acids is 2. The molecule has 11 heteroatoms. The van der Waals surface area contributed by atoms with Crippen molar-refractivity contribution in [1.82, 2.24) is 19.9 Å². The molecule has 5 aromatic rings. The molecule has 48 heavy (non-hydrogen) atoms. The van der Waals surface area contributed by atoms with E-state index < -0.39 is 17.3 Å². The van der Waals surface area contributed by atoms with Crippen LogP contribution in [0.4, 0.5) is 10.1 Å². The molecule has 0 bridgehead atoms. The zero-order valence-electron chi connectivity index (χ0n) is 26.4. The predicted molar refractivity (Wildman–Crippen MR) is 178 cm³/mol. The van der Waals surface area contributed by atoms with Gasteiger partial charge in [-0.15, -0.1) is 0 Å². The number of para-hydroxylation sites is 1. The van der Waals surface area contributed by atoms with Gasteiger partial charge in [0, 0.05) is 36.4 Å². The zero-order chi connectivity index (χ0) is 33.2. The van der Waals surface area contributed by atoms with Crippen LogP contribution in [0, 0.1) is 5.82 Å². The number of carbonyl (C=O) groups is 2. The highest BCUT2D eigenvalue weighted by Gasteiger charge is 2.34. The number of benzene rings is 2. The number of aromatic amines is 1. The van der Waals surface area contributed by atoms with Crippen LogP contribution in [-0.4, -0.2) is 73.7 Å². The highest BCUT2D eigenvalue weighted by Crippen LogP contribution is 2.45. The maximum atomic E-state index is 15.3. The molecule has 0 radical (unpaired) electrons. The number of halogens is 1. The van der Waals surface area contributed by atoms with Crippen LogP contribution in [0.15, 0.2) is 67.0 Å². The fourth-order valence-corrected chi connectivity index (χ4v) is 6.71. The molecule has 1 saturated carbocycles. The van der Waals surface area contributed by atoms with Crippen molar-refractivity contribution in [3.63, 3.8) is 0 Å². The van der Waals surface area contributed by atoms with Gasteiger partial charge in [-0.25, -0.2) is 9.37 Å². The average Bonchev–Trinajstić information content (AvgIpc) is 3.86. The molecule has 1 saturated heterocycles. The van der Waals surface area contributed by atoms with Crippen LogP contribution in [-0.2, 0) is 0 Å². The van der Waals surface area contributed by atoms with E-state index in [2.05, 4.69) is 15.0 Å². The number of aliphatic hydroxyl groups is 1. The fourth-order valence-electron chi connectivity index (χ4n) is 6.71. The van der Waals surface area contributed by atoms with E-state index in [1.165, 1.54) is 11.0 Å². The lowest BCUT2D eigenvalue weighted by Gasteiger charge is -2.35. The smallest absolute Gasteiger partial charge is 0.265 e. The number of hydrogen-bond acceptors (Lipinski definition) is 7. The summed E-state index contributed by atoms with van der Waals surface area (Å²) in [5, 5.41) is 22.6.